The van der Waals surface area contributed by atoms with Crippen molar-refractivity contribution in [3.05, 3.63) is 166 Å². The fourth-order valence-corrected chi connectivity index (χ4v) is 10.9. The van der Waals surface area contributed by atoms with Gasteiger partial charge >= 0.3 is 11.9 Å². The highest BCUT2D eigenvalue weighted by atomic mass is 16.6. The van der Waals surface area contributed by atoms with E-state index in [1.165, 1.54) is 32.1 Å². The molecule has 0 amide bonds. The first-order valence-electron chi connectivity index (χ1n) is 24.7. The fourth-order valence-electron chi connectivity index (χ4n) is 10.9. The number of benzene rings is 6. The van der Waals surface area contributed by atoms with Gasteiger partial charge in [-0.1, -0.05) is 48.5 Å². The molecule has 0 radical (unpaired) electrons. The Labute approximate surface area is 419 Å². The topological polar surface area (TPSA) is 90.5 Å². The van der Waals surface area contributed by atoms with Crippen molar-refractivity contribution < 1.29 is 28.5 Å². The summed E-state index contributed by atoms with van der Waals surface area (Å²) in [4.78, 5) is 39.7. The van der Waals surface area contributed by atoms with Crippen molar-refractivity contribution in [2.75, 3.05) is 126 Å². The zero-order chi connectivity index (χ0) is 50.2. The molecule has 0 bridgehead atoms. The van der Waals surface area contributed by atoms with Crippen molar-refractivity contribution in [1.29, 1.82) is 0 Å². The second kappa shape index (κ2) is 19.8. The van der Waals surface area contributed by atoms with Crippen LogP contribution in [0.3, 0.4) is 0 Å². The summed E-state index contributed by atoms with van der Waals surface area (Å²) in [6.07, 6.45) is 6.07. The Kier molecular flexibility index (Phi) is 13.6. The van der Waals surface area contributed by atoms with E-state index in [9.17, 15) is 9.59 Å². The van der Waals surface area contributed by atoms with Crippen molar-refractivity contribution in [2.24, 2.45) is 0 Å². The molecule has 4 aliphatic heterocycles. The Balaban J connectivity index is 0.000000176. The Morgan fingerprint density at radius 2 is 0.789 bits per heavy atom. The first-order valence-corrected chi connectivity index (χ1v) is 24.7. The van der Waals surface area contributed by atoms with E-state index in [2.05, 4.69) is 102 Å². The van der Waals surface area contributed by atoms with E-state index in [1.807, 2.05) is 105 Å². The van der Waals surface area contributed by atoms with Crippen LogP contribution in [-0.4, -0.2) is 109 Å². The van der Waals surface area contributed by atoms with Crippen LogP contribution in [-0.2, 0) is 20.7 Å². The van der Waals surface area contributed by atoms with Crippen molar-refractivity contribution >= 4 is 46.1 Å². The first-order chi connectivity index (χ1) is 34.2. The van der Waals surface area contributed by atoms with Crippen LogP contribution in [0.1, 0.15) is 86.2 Å². The number of piperidine rings is 1. The van der Waals surface area contributed by atoms with E-state index >= 15 is 0 Å². The molecule has 4 aliphatic rings. The van der Waals surface area contributed by atoms with E-state index in [-0.39, 0.29) is 11.9 Å². The lowest BCUT2D eigenvalue weighted by Crippen LogP contribution is -2.33. The zero-order valence-electron chi connectivity index (χ0n) is 43.0. The van der Waals surface area contributed by atoms with Crippen molar-refractivity contribution in [1.82, 2.24) is 0 Å². The Morgan fingerprint density at radius 1 is 0.423 bits per heavy atom. The molecule has 0 spiro atoms. The number of methoxy groups -OCH3 is 2. The predicted molar refractivity (Wildman–Crippen MR) is 287 cm³/mol. The van der Waals surface area contributed by atoms with Crippen molar-refractivity contribution in [3.63, 3.8) is 0 Å². The van der Waals surface area contributed by atoms with Gasteiger partial charge in [-0.05, 0) is 92.8 Å². The highest BCUT2D eigenvalue weighted by Gasteiger charge is 2.53. The minimum absolute atomic E-state index is 0.325. The molecule has 12 nitrogen and oxygen atoms in total. The smallest absolute Gasteiger partial charge is 0.340 e. The van der Waals surface area contributed by atoms with Gasteiger partial charge in [-0.2, -0.15) is 0 Å². The minimum Gasteiger partial charge on any atom is -0.496 e. The second-order valence-corrected chi connectivity index (χ2v) is 19.7. The molecule has 2 fully saturated rings. The summed E-state index contributed by atoms with van der Waals surface area (Å²) < 4.78 is 24.8. The number of hydrogen-bond acceptors (Lipinski definition) is 12. The van der Waals surface area contributed by atoms with Gasteiger partial charge in [-0.3, -0.25) is 0 Å². The number of carbonyl (C=O) groups excluding carboxylic acids is 2. The van der Waals surface area contributed by atoms with Crippen LogP contribution in [0.4, 0.5) is 34.1 Å². The number of ether oxygens (including phenoxy) is 4. The minimum atomic E-state index is -1.14. The van der Waals surface area contributed by atoms with Crippen LogP contribution in [0.25, 0.3) is 0 Å². The lowest BCUT2D eigenvalue weighted by atomic mass is 9.78. The third-order valence-corrected chi connectivity index (χ3v) is 14.6. The van der Waals surface area contributed by atoms with Crippen LogP contribution >= 0.6 is 0 Å². The number of carbonyl (C=O) groups is 2. The normalized spacial score (nSPS) is 19.0. The predicted octanol–water partition coefficient (Wildman–Crippen LogP) is 10.2. The molecule has 6 aromatic rings. The number of rotatable bonds is 12. The van der Waals surface area contributed by atoms with E-state index < -0.39 is 11.2 Å². The van der Waals surface area contributed by atoms with Gasteiger partial charge in [0, 0.05) is 162 Å². The molecule has 10 rings (SSSR count). The van der Waals surface area contributed by atoms with E-state index in [4.69, 9.17) is 18.9 Å². The van der Waals surface area contributed by atoms with E-state index in [0.29, 0.717) is 22.6 Å². The molecule has 12 heteroatoms. The van der Waals surface area contributed by atoms with Gasteiger partial charge < -0.3 is 48.3 Å². The number of hydrogen-bond donors (Lipinski definition) is 0. The third kappa shape index (κ3) is 8.61. The Bertz CT molecular complexity index is 2940. The van der Waals surface area contributed by atoms with Gasteiger partial charge in [0.05, 0.1) is 25.3 Å². The summed E-state index contributed by atoms with van der Waals surface area (Å²) in [7, 11) is 19.5. The number of nitrogens with zero attached hydrogens (tertiary/aromatic N) is 6. The van der Waals surface area contributed by atoms with Gasteiger partial charge in [0.25, 0.3) is 0 Å². The largest absolute Gasteiger partial charge is 0.496 e. The molecular formula is C59H68N6O6. The third-order valence-electron chi connectivity index (χ3n) is 14.6. The molecule has 0 saturated carbocycles. The molecular weight excluding hydrogens is 889 g/mol. The molecule has 370 valence electrons. The maximum Gasteiger partial charge on any atom is 0.340 e. The number of esters is 2. The summed E-state index contributed by atoms with van der Waals surface area (Å²) >= 11 is 0. The summed E-state index contributed by atoms with van der Waals surface area (Å²) in [5.41, 5.74) is 10.4. The second-order valence-electron chi connectivity index (χ2n) is 19.7. The van der Waals surface area contributed by atoms with Crippen LogP contribution in [0.2, 0.25) is 0 Å². The Morgan fingerprint density at radius 3 is 1.15 bits per heavy atom. The Hall–Kier alpha value is -7.34. The van der Waals surface area contributed by atoms with Crippen molar-refractivity contribution in [2.45, 2.75) is 43.3 Å². The zero-order valence-corrected chi connectivity index (χ0v) is 43.0. The van der Waals surface area contributed by atoms with Crippen molar-refractivity contribution in [3.8, 4) is 11.5 Å². The van der Waals surface area contributed by atoms with E-state index in [0.717, 1.165) is 93.7 Å². The van der Waals surface area contributed by atoms with Crippen LogP contribution < -0.4 is 38.9 Å². The molecule has 0 aliphatic carbocycles. The average Bonchev–Trinajstić information content (AvgIpc) is 4.12. The quantitative estimate of drug-likeness (QED) is 0.109. The molecule has 2 atom stereocenters. The first kappa shape index (κ1) is 48.7. The average molecular weight is 957 g/mol. The van der Waals surface area contributed by atoms with Gasteiger partial charge in [0.1, 0.15) is 11.5 Å². The molecule has 6 aromatic carbocycles. The van der Waals surface area contributed by atoms with Crippen LogP contribution in [0.15, 0.2) is 121 Å². The molecule has 0 aromatic heterocycles. The van der Waals surface area contributed by atoms with Gasteiger partial charge in [-0.15, -0.1) is 0 Å². The lowest BCUT2D eigenvalue weighted by Gasteiger charge is -2.36. The van der Waals surface area contributed by atoms with Gasteiger partial charge in [-0.25, -0.2) is 9.59 Å². The van der Waals surface area contributed by atoms with Crippen LogP contribution in [0.5, 0.6) is 11.5 Å². The number of fused-ring (bicyclic) bond motifs is 2. The van der Waals surface area contributed by atoms with Gasteiger partial charge in [0.15, 0.2) is 11.2 Å². The highest BCUT2D eigenvalue weighted by molar-refractivity contribution is 5.98. The molecule has 0 N–H and O–H groups in total. The number of anilines is 6. The fraction of sp³-hybridized carbons (Fsp3) is 0.356. The molecule has 4 heterocycles. The summed E-state index contributed by atoms with van der Waals surface area (Å²) in [5, 5.41) is 0. The number of cyclic esters (lactones) is 2. The molecule has 2 saturated heterocycles. The highest BCUT2D eigenvalue weighted by Crippen LogP contribution is 2.55. The molecule has 2 unspecified atom stereocenters. The molecule has 71 heavy (non-hydrogen) atoms. The maximum absolute atomic E-state index is 13.3. The summed E-state index contributed by atoms with van der Waals surface area (Å²) in [5.74, 6) is 0.770. The summed E-state index contributed by atoms with van der Waals surface area (Å²) in [6.45, 7) is 4.18. The monoisotopic (exact) mass is 957 g/mol. The van der Waals surface area contributed by atoms with Crippen LogP contribution in [0, 0.1) is 0 Å². The lowest BCUT2D eigenvalue weighted by molar-refractivity contribution is 0.0237. The summed E-state index contributed by atoms with van der Waals surface area (Å²) in [6, 6.07) is 40.6. The SMILES string of the molecule is COc1cc(N2CCCC2)ccc1C1(c2ccc(N(C)C)cc2N(C)C)OC(=O)c2ccccc21.COc1cc(N2CCCCC2)ccc1C1(c2ccc(N(C)C)cc2N(C)C)OC(=O)c2ccccc21. The standard InChI is InChI=1S/C30H35N3O3.C29H33N3O3/c1-31(2)21-13-15-25(27(19-21)32(3)4)30(24-12-8-7-11-23(24)29(34)36-30)26-16-14-22(20-28(26)35-5)33-17-9-6-10-18-33;1-30(2)20-12-14-24(26(18-20)31(3)4)29(23-11-7-6-10-22(23)28(33)35-29)25-15-13-21(19-27(25)34-5)32-16-8-9-17-32/h7-8,11-16,19-20H,6,9-10,17-18H2,1-5H3;6-7,10-15,18-19H,8-9,16-17H2,1-5H3. The van der Waals surface area contributed by atoms with E-state index in [1.54, 1.807) is 14.2 Å². The maximum atomic E-state index is 13.3. The van der Waals surface area contributed by atoms with Gasteiger partial charge in [0.2, 0.25) is 0 Å².